The molecule has 11 heteroatoms. The van der Waals surface area contributed by atoms with Gasteiger partial charge < -0.3 is 16.0 Å². The first-order valence-electron chi connectivity index (χ1n) is 5.95. The minimum absolute atomic E-state index is 0.0178. The predicted molar refractivity (Wildman–Crippen MR) is 71.2 cm³/mol. The van der Waals surface area contributed by atoms with Gasteiger partial charge in [0, 0.05) is 12.2 Å². The van der Waals surface area contributed by atoms with Crippen molar-refractivity contribution in [3.63, 3.8) is 0 Å². The molecule has 2 rings (SSSR count). The maximum Gasteiger partial charge on any atom is 0.310 e. The van der Waals surface area contributed by atoms with E-state index in [1.165, 1.54) is 0 Å². The van der Waals surface area contributed by atoms with E-state index in [1.807, 2.05) is 0 Å². The van der Waals surface area contributed by atoms with Crippen molar-refractivity contribution in [3.8, 4) is 0 Å². The predicted octanol–water partition coefficient (Wildman–Crippen LogP) is 2.13. The third kappa shape index (κ3) is 3.40. The summed E-state index contributed by atoms with van der Waals surface area (Å²) in [5.74, 6) is -1.26. The molecule has 1 unspecified atom stereocenters. The quantitative estimate of drug-likeness (QED) is 0.824. The number of piperazine rings is 1. The molecule has 0 saturated carbocycles. The summed E-state index contributed by atoms with van der Waals surface area (Å²) in [6, 6.07) is 1.04. The van der Waals surface area contributed by atoms with E-state index in [0.717, 1.165) is 17.0 Å². The zero-order valence-corrected chi connectivity index (χ0v) is 11.8. The van der Waals surface area contributed by atoms with E-state index in [0.29, 0.717) is 0 Å². The van der Waals surface area contributed by atoms with Crippen LogP contribution in [0.5, 0.6) is 0 Å². The number of hydrogen-bond acceptors (Lipinski definition) is 3. The molecule has 1 aromatic rings. The lowest BCUT2D eigenvalue weighted by atomic mass is 10.1. The lowest BCUT2D eigenvalue weighted by Crippen LogP contribution is -2.59. The summed E-state index contributed by atoms with van der Waals surface area (Å²) < 4.78 is 63.2. The molecule has 22 heavy (non-hydrogen) atoms. The Morgan fingerprint density at radius 2 is 1.73 bits per heavy atom. The van der Waals surface area contributed by atoms with Crippen LogP contribution in [0.1, 0.15) is 0 Å². The SMILES string of the molecule is NC(=O)C1CNC(=O)CN1c1ccc(S(F)(F)(F)(F)F)cc1. The van der Waals surface area contributed by atoms with Gasteiger partial charge in [0.2, 0.25) is 11.8 Å². The number of nitrogens with two attached hydrogens (primary N) is 1. The molecular weight excluding hydrogens is 333 g/mol. The fraction of sp³-hybridized carbons (Fsp3) is 0.273. The molecule has 5 nitrogen and oxygen atoms in total. The van der Waals surface area contributed by atoms with Gasteiger partial charge in [-0.05, 0) is 24.3 Å². The Kier molecular flexibility index (Phi) is 3.15. The lowest BCUT2D eigenvalue weighted by Gasteiger charge is -2.41. The van der Waals surface area contributed by atoms with Crippen molar-refractivity contribution >= 4 is 27.7 Å². The smallest absolute Gasteiger partial charge is 0.310 e. The van der Waals surface area contributed by atoms with Crippen LogP contribution in [0.15, 0.2) is 29.2 Å². The maximum absolute atomic E-state index is 12.6. The standard InChI is InChI=1S/C11H12F5N3O2S/c12-22(13,14,15,16)8-3-1-7(2-4-8)19-6-10(20)18-5-9(19)11(17)21/h1-4,9H,5-6H2,(H2,17,21)(H,18,20). The molecule has 3 N–H and O–H groups in total. The molecule has 1 fully saturated rings. The number of carbonyl (C=O) groups is 2. The van der Waals surface area contributed by atoms with Crippen LogP contribution in [-0.4, -0.2) is 30.9 Å². The highest BCUT2D eigenvalue weighted by atomic mass is 32.5. The van der Waals surface area contributed by atoms with Gasteiger partial charge in [-0.3, -0.25) is 9.59 Å². The maximum atomic E-state index is 12.6. The highest BCUT2D eigenvalue weighted by Gasteiger charge is 2.65. The molecule has 0 aliphatic carbocycles. The molecule has 124 valence electrons. The second-order valence-electron chi connectivity index (χ2n) is 4.81. The number of nitrogens with zero attached hydrogens (tertiary/aromatic N) is 1. The van der Waals surface area contributed by atoms with Crippen molar-refractivity contribution in [2.24, 2.45) is 5.73 Å². The number of halogens is 5. The van der Waals surface area contributed by atoms with Crippen molar-refractivity contribution in [3.05, 3.63) is 24.3 Å². The highest BCUT2D eigenvalue weighted by Crippen LogP contribution is 3.02. The van der Waals surface area contributed by atoms with Gasteiger partial charge in [0.25, 0.3) is 0 Å². The van der Waals surface area contributed by atoms with Crippen LogP contribution in [0.2, 0.25) is 0 Å². The molecule has 0 aromatic heterocycles. The van der Waals surface area contributed by atoms with Gasteiger partial charge in [-0.2, -0.15) is 0 Å². The van der Waals surface area contributed by atoms with E-state index >= 15 is 0 Å². The van der Waals surface area contributed by atoms with Crippen LogP contribution in [-0.2, 0) is 9.59 Å². The summed E-state index contributed by atoms with van der Waals surface area (Å²) in [6.07, 6.45) is 0. The third-order valence-corrected chi connectivity index (χ3v) is 4.29. The number of anilines is 1. The van der Waals surface area contributed by atoms with Crippen molar-refractivity contribution in [1.29, 1.82) is 0 Å². The van der Waals surface area contributed by atoms with Crippen LogP contribution in [0.4, 0.5) is 25.1 Å². The second-order valence-corrected chi connectivity index (χ2v) is 7.22. The number of amides is 2. The second kappa shape index (κ2) is 4.24. The van der Waals surface area contributed by atoms with Crippen LogP contribution in [0, 0.1) is 0 Å². The number of hydrogen-bond donors (Lipinski definition) is 2. The number of benzene rings is 1. The minimum atomic E-state index is -9.75. The van der Waals surface area contributed by atoms with Crippen LogP contribution < -0.4 is 16.0 Å². The molecule has 1 atom stereocenters. The molecule has 0 radical (unpaired) electrons. The van der Waals surface area contributed by atoms with Crippen LogP contribution in [0.25, 0.3) is 0 Å². The van der Waals surface area contributed by atoms with Gasteiger partial charge in [0.05, 0.1) is 6.54 Å². The summed E-state index contributed by atoms with van der Waals surface area (Å²) in [7, 11) is -9.75. The van der Waals surface area contributed by atoms with E-state index in [-0.39, 0.29) is 30.9 Å². The number of primary amides is 1. The van der Waals surface area contributed by atoms with Crippen molar-refractivity contribution in [1.82, 2.24) is 5.32 Å². The topological polar surface area (TPSA) is 75.4 Å². The summed E-state index contributed by atoms with van der Waals surface area (Å²) >= 11 is 0. The Morgan fingerprint density at radius 3 is 2.18 bits per heavy atom. The van der Waals surface area contributed by atoms with Crippen molar-refractivity contribution in [2.75, 3.05) is 18.0 Å². The van der Waals surface area contributed by atoms with Gasteiger partial charge >= 0.3 is 10.2 Å². The van der Waals surface area contributed by atoms with Crippen molar-refractivity contribution < 1.29 is 29.0 Å². The van der Waals surface area contributed by atoms with Crippen LogP contribution >= 0.6 is 10.2 Å². The highest BCUT2D eigenvalue weighted by molar-refractivity contribution is 8.45. The van der Waals surface area contributed by atoms with Gasteiger partial charge in [-0.15, -0.1) is 0 Å². The first kappa shape index (κ1) is 16.3. The van der Waals surface area contributed by atoms with E-state index < -0.39 is 33.0 Å². The summed E-state index contributed by atoms with van der Waals surface area (Å²) in [4.78, 5) is 21.8. The average molecular weight is 345 g/mol. The minimum Gasteiger partial charge on any atom is -0.368 e. The van der Waals surface area contributed by atoms with Crippen molar-refractivity contribution in [2.45, 2.75) is 10.9 Å². The third-order valence-electron chi connectivity index (χ3n) is 3.12. The Balaban J connectivity index is 2.37. The monoisotopic (exact) mass is 345 g/mol. The Labute approximate surface area is 122 Å². The van der Waals surface area contributed by atoms with Gasteiger partial charge in [-0.1, -0.05) is 19.4 Å². The largest absolute Gasteiger partial charge is 0.368 e. The van der Waals surface area contributed by atoms with E-state index in [2.05, 4.69) is 5.32 Å². The fourth-order valence-electron chi connectivity index (χ4n) is 2.06. The first-order chi connectivity index (χ1) is 9.77. The zero-order chi connectivity index (χ0) is 16.8. The summed E-state index contributed by atoms with van der Waals surface area (Å²) in [6.45, 7) is -0.430. The zero-order valence-electron chi connectivity index (χ0n) is 10.9. The molecule has 1 aromatic carbocycles. The Hall–Kier alpha value is -2.04. The lowest BCUT2D eigenvalue weighted by molar-refractivity contribution is -0.123. The molecule has 1 saturated heterocycles. The Morgan fingerprint density at radius 1 is 1.18 bits per heavy atom. The molecule has 1 aliphatic heterocycles. The van der Waals surface area contributed by atoms with Gasteiger partial charge in [0.15, 0.2) is 0 Å². The number of nitrogens with one attached hydrogen (secondary N) is 1. The fourth-order valence-corrected chi connectivity index (χ4v) is 2.71. The van der Waals surface area contributed by atoms with Gasteiger partial charge in [0.1, 0.15) is 10.9 Å². The van der Waals surface area contributed by atoms with E-state index in [1.54, 1.807) is 0 Å². The molecule has 0 spiro atoms. The molecule has 2 amide bonds. The first-order valence-corrected chi connectivity index (χ1v) is 7.90. The van der Waals surface area contributed by atoms with E-state index in [4.69, 9.17) is 5.73 Å². The van der Waals surface area contributed by atoms with Gasteiger partial charge in [-0.25, -0.2) is 0 Å². The summed E-state index contributed by atoms with van der Waals surface area (Å²) in [5.41, 5.74) is 5.17. The average Bonchev–Trinajstić information content (AvgIpc) is 2.36. The molecule has 0 bridgehead atoms. The normalized spacial score (nSPS) is 22.5. The Bertz CT molecular complexity index is 631. The molecule has 1 heterocycles. The summed E-state index contributed by atoms with van der Waals surface area (Å²) in [5, 5.41) is 2.39. The number of carbonyl (C=O) groups excluding carboxylic acids is 2. The number of rotatable bonds is 3. The van der Waals surface area contributed by atoms with Crippen LogP contribution in [0.3, 0.4) is 0 Å². The molecule has 1 aliphatic rings. The molecular formula is C11H12F5N3O2S. The van der Waals surface area contributed by atoms with E-state index in [9.17, 15) is 29.0 Å².